The molecule has 1 N–H and O–H groups in total. The summed E-state index contributed by atoms with van der Waals surface area (Å²) < 4.78 is 19.2. The van der Waals surface area contributed by atoms with Crippen LogP contribution in [0.5, 0.6) is 17.2 Å². The van der Waals surface area contributed by atoms with Crippen LogP contribution in [0.15, 0.2) is 84.9 Å². The first-order valence-corrected chi connectivity index (χ1v) is 19.1. The van der Waals surface area contributed by atoms with Gasteiger partial charge in [-0.05, 0) is 65.6 Å². The lowest BCUT2D eigenvalue weighted by Gasteiger charge is -2.43. The van der Waals surface area contributed by atoms with E-state index in [4.69, 9.17) is 13.9 Å². The lowest BCUT2D eigenvalue weighted by Crippen LogP contribution is -2.68. The Balaban J connectivity index is 1.42. The van der Waals surface area contributed by atoms with E-state index in [1.54, 1.807) is 14.2 Å². The molecule has 4 rings (SSSR count). The van der Waals surface area contributed by atoms with Crippen LogP contribution in [0, 0.1) is 17.8 Å². The van der Waals surface area contributed by atoms with Crippen LogP contribution in [-0.2, 0) is 0 Å². The summed E-state index contributed by atoms with van der Waals surface area (Å²) in [6, 6.07) is 25.1. The van der Waals surface area contributed by atoms with Crippen LogP contribution in [0.25, 0.3) is 0 Å². The van der Waals surface area contributed by atoms with Gasteiger partial charge in [-0.15, -0.1) is 0 Å². The Hall–Kier alpha value is -3.46. The molecule has 0 amide bonds. The Bertz CT molecular complexity index is 1360. The van der Waals surface area contributed by atoms with E-state index in [9.17, 15) is 5.11 Å². The molecular formula is C41H54O4Si. The number of rotatable bonds is 14. The molecule has 5 heteroatoms. The molecule has 246 valence electrons. The summed E-state index contributed by atoms with van der Waals surface area (Å²) in [5, 5.41) is 12.6. The molecule has 1 saturated carbocycles. The van der Waals surface area contributed by atoms with Gasteiger partial charge in [0.1, 0.15) is 0 Å². The smallest absolute Gasteiger partial charge is 0.320 e. The Morgan fingerprint density at radius 2 is 1.39 bits per heavy atom. The maximum Gasteiger partial charge on any atom is 0.320 e. The van der Waals surface area contributed by atoms with Gasteiger partial charge in [-0.25, -0.2) is 0 Å². The van der Waals surface area contributed by atoms with Crippen molar-refractivity contribution in [2.24, 2.45) is 5.92 Å². The van der Waals surface area contributed by atoms with Gasteiger partial charge in [0, 0.05) is 12.0 Å². The molecule has 4 nitrogen and oxygen atoms in total. The predicted octanol–water partition coefficient (Wildman–Crippen LogP) is 8.83. The maximum absolute atomic E-state index is 10.4. The van der Waals surface area contributed by atoms with E-state index in [1.165, 1.54) is 48.9 Å². The van der Waals surface area contributed by atoms with Gasteiger partial charge >= 0.3 is 8.32 Å². The number of ether oxygens (including phenoxy) is 2. The lowest BCUT2D eigenvalue weighted by atomic mass is 9.85. The summed E-state index contributed by atoms with van der Waals surface area (Å²) in [6.07, 6.45) is 16.6. The average Bonchev–Trinajstić information content (AvgIpc) is 3.08. The molecule has 0 bridgehead atoms. The second-order valence-corrected chi connectivity index (χ2v) is 17.8. The lowest BCUT2D eigenvalue weighted by molar-refractivity contribution is 0.125. The first-order chi connectivity index (χ1) is 22.3. The minimum Gasteiger partial charge on any atom is -0.529 e. The fourth-order valence-electron chi connectivity index (χ4n) is 6.72. The third-order valence-corrected chi connectivity index (χ3v) is 14.2. The normalized spacial score (nSPS) is 14.8. The SMILES string of the molecule is COc1cc(C#CCCCCCCC=CC(O)C2CCCCC2)cc(OC)c1O[Si](c1ccccc1)(c1ccccc1)C(C)(C)C. The summed E-state index contributed by atoms with van der Waals surface area (Å²) in [4.78, 5) is 0. The van der Waals surface area contributed by atoms with Crippen molar-refractivity contribution in [3.63, 3.8) is 0 Å². The van der Waals surface area contributed by atoms with Gasteiger partial charge in [0.15, 0.2) is 17.2 Å². The average molecular weight is 639 g/mol. The van der Waals surface area contributed by atoms with E-state index in [1.807, 2.05) is 30.3 Å². The molecule has 0 saturated heterocycles. The highest BCUT2D eigenvalue weighted by Crippen LogP contribution is 2.45. The van der Waals surface area contributed by atoms with Gasteiger partial charge in [0.05, 0.1) is 20.3 Å². The Labute approximate surface area is 279 Å². The molecule has 0 aliphatic heterocycles. The zero-order valence-corrected chi connectivity index (χ0v) is 29.7. The molecule has 1 unspecified atom stereocenters. The molecule has 1 fully saturated rings. The predicted molar refractivity (Wildman–Crippen MR) is 194 cm³/mol. The van der Waals surface area contributed by atoms with Crippen LogP contribution >= 0.6 is 0 Å². The van der Waals surface area contributed by atoms with Crippen molar-refractivity contribution >= 4 is 18.7 Å². The van der Waals surface area contributed by atoms with Crippen molar-refractivity contribution in [2.75, 3.05) is 14.2 Å². The topological polar surface area (TPSA) is 47.9 Å². The van der Waals surface area contributed by atoms with Crippen LogP contribution in [0.1, 0.15) is 97.0 Å². The Kier molecular flexibility index (Phi) is 13.4. The van der Waals surface area contributed by atoms with Crippen LogP contribution in [0.2, 0.25) is 5.04 Å². The maximum atomic E-state index is 10.4. The quantitative estimate of drug-likeness (QED) is 0.0830. The van der Waals surface area contributed by atoms with E-state index in [2.05, 4.69) is 87.2 Å². The second-order valence-electron chi connectivity index (χ2n) is 13.5. The third kappa shape index (κ3) is 9.08. The van der Waals surface area contributed by atoms with Crippen LogP contribution < -0.4 is 24.3 Å². The van der Waals surface area contributed by atoms with Crippen molar-refractivity contribution in [3.8, 4) is 29.1 Å². The number of methoxy groups -OCH3 is 2. The molecule has 46 heavy (non-hydrogen) atoms. The molecule has 0 radical (unpaired) electrons. The van der Waals surface area contributed by atoms with Gasteiger partial charge in [0.2, 0.25) is 0 Å². The first-order valence-electron chi connectivity index (χ1n) is 17.2. The van der Waals surface area contributed by atoms with Crippen molar-refractivity contribution in [1.29, 1.82) is 0 Å². The number of hydrogen-bond acceptors (Lipinski definition) is 4. The molecule has 0 aromatic heterocycles. The first kappa shape index (κ1) is 35.4. The summed E-state index contributed by atoms with van der Waals surface area (Å²) in [7, 11) is 0.471. The number of unbranched alkanes of at least 4 members (excludes halogenated alkanes) is 5. The second kappa shape index (κ2) is 17.5. The summed E-state index contributed by atoms with van der Waals surface area (Å²) in [5.41, 5.74) is 0.852. The summed E-state index contributed by atoms with van der Waals surface area (Å²) >= 11 is 0. The summed E-state index contributed by atoms with van der Waals surface area (Å²) in [6.45, 7) is 6.78. The molecule has 0 heterocycles. The molecule has 1 aliphatic rings. The fraction of sp³-hybridized carbons (Fsp3) is 0.463. The number of allylic oxidation sites excluding steroid dienone is 1. The standard InChI is InChI=1S/C41H54O4Si/c1-41(2,3)46(35-26-18-13-19-27-35,36-28-20-14-21-29-36)45-40-38(43-4)31-33(32-39(40)44-5)23-15-10-8-6-7-9-11-22-30-37(42)34-24-16-12-17-25-34/h13-14,18-22,26-32,34,37,42H,6-12,16-17,24-25H2,1-5H3. The van der Waals surface area contributed by atoms with Gasteiger partial charge in [-0.3, -0.25) is 0 Å². The number of hydrogen-bond donors (Lipinski definition) is 1. The van der Waals surface area contributed by atoms with E-state index in [0.29, 0.717) is 23.2 Å². The van der Waals surface area contributed by atoms with Gasteiger partial charge in [-0.2, -0.15) is 0 Å². The molecule has 1 aliphatic carbocycles. The largest absolute Gasteiger partial charge is 0.529 e. The minimum atomic E-state index is -2.88. The minimum absolute atomic E-state index is 0.198. The fourth-order valence-corrected chi connectivity index (χ4v) is 11.2. The number of aliphatic hydroxyl groups excluding tert-OH is 1. The zero-order valence-electron chi connectivity index (χ0n) is 28.7. The van der Waals surface area contributed by atoms with Gasteiger partial charge in [-0.1, -0.05) is 138 Å². The monoisotopic (exact) mass is 638 g/mol. The van der Waals surface area contributed by atoms with Crippen molar-refractivity contribution < 1.29 is 19.0 Å². The number of aliphatic hydroxyl groups is 1. The van der Waals surface area contributed by atoms with Crippen LogP contribution in [-0.4, -0.2) is 33.7 Å². The van der Waals surface area contributed by atoms with Crippen molar-refractivity contribution in [3.05, 3.63) is 90.5 Å². The molecular weight excluding hydrogens is 585 g/mol. The summed E-state index contributed by atoms with van der Waals surface area (Å²) in [5.74, 6) is 9.03. The van der Waals surface area contributed by atoms with Crippen LogP contribution in [0.3, 0.4) is 0 Å². The highest BCUT2D eigenvalue weighted by Gasteiger charge is 2.52. The Morgan fingerprint density at radius 1 is 0.826 bits per heavy atom. The van der Waals surface area contributed by atoms with Crippen LogP contribution in [0.4, 0.5) is 0 Å². The third-order valence-electron chi connectivity index (χ3n) is 9.25. The van der Waals surface area contributed by atoms with Crippen molar-refractivity contribution in [1.82, 2.24) is 0 Å². The van der Waals surface area contributed by atoms with Gasteiger partial charge in [0.25, 0.3) is 0 Å². The molecule has 0 spiro atoms. The zero-order chi connectivity index (χ0) is 32.8. The van der Waals surface area contributed by atoms with E-state index in [-0.39, 0.29) is 11.1 Å². The highest BCUT2D eigenvalue weighted by molar-refractivity contribution is 7.00. The molecule has 3 aromatic rings. The molecule has 1 atom stereocenters. The molecule has 3 aromatic carbocycles. The highest BCUT2D eigenvalue weighted by atomic mass is 28.4. The van der Waals surface area contributed by atoms with Crippen molar-refractivity contribution in [2.45, 2.75) is 103 Å². The van der Waals surface area contributed by atoms with E-state index >= 15 is 0 Å². The van der Waals surface area contributed by atoms with Gasteiger partial charge < -0.3 is 19.0 Å². The Morgan fingerprint density at radius 3 is 1.93 bits per heavy atom. The number of benzene rings is 3. The van der Waals surface area contributed by atoms with E-state index in [0.717, 1.165) is 37.7 Å². The van der Waals surface area contributed by atoms with E-state index < -0.39 is 8.32 Å².